The van der Waals surface area contributed by atoms with E-state index >= 15 is 0 Å². The number of nitrogens with one attached hydrogen (secondary N) is 1. The maximum atomic E-state index is 14.1. The molecule has 5 rings (SSSR count). The summed E-state index contributed by atoms with van der Waals surface area (Å²) in [5, 5.41) is 16.5. The lowest BCUT2D eigenvalue weighted by Gasteiger charge is -2.24. The van der Waals surface area contributed by atoms with Gasteiger partial charge in [0, 0.05) is 22.5 Å². The van der Waals surface area contributed by atoms with Crippen molar-refractivity contribution in [1.29, 1.82) is 5.26 Å². The van der Waals surface area contributed by atoms with Crippen LogP contribution < -0.4 is 11.0 Å². The number of allylic oxidation sites excluding steroid dienone is 3. The normalized spacial score (nSPS) is 12.4. The van der Waals surface area contributed by atoms with E-state index in [0.717, 1.165) is 48.3 Å². The number of carbonyl (C=O) groups is 1. The number of imidazole rings is 1. The lowest BCUT2D eigenvalue weighted by molar-refractivity contribution is -0.884. The molecule has 1 amide bonds. The quantitative estimate of drug-likeness (QED) is 0.0869. The van der Waals surface area contributed by atoms with Gasteiger partial charge in [0.2, 0.25) is 0 Å². The number of hydrogen-bond donors (Lipinski definition) is 1. The van der Waals surface area contributed by atoms with Gasteiger partial charge in [-0.05, 0) is 74.9 Å². The average Bonchev–Trinajstić information content (AvgIpc) is 3.69. The first-order valence-electron chi connectivity index (χ1n) is 16.8. The molecule has 0 bridgehead atoms. The molecule has 0 aliphatic carbocycles. The molecular weight excluding hydrogens is 716 g/mol. The zero-order valence-corrected chi connectivity index (χ0v) is 32.0. The van der Waals surface area contributed by atoms with E-state index < -0.39 is 29.5 Å². The van der Waals surface area contributed by atoms with Gasteiger partial charge in [-0.3, -0.25) is 4.57 Å². The zero-order chi connectivity index (χ0) is 39.8. The van der Waals surface area contributed by atoms with Crippen LogP contribution in [0.2, 0.25) is 0 Å². The highest BCUT2D eigenvalue weighted by Crippen LogP contribution is 2.32. The second kappa shape index (κ2) is 17.5. The minimum atomic E-state index is -4.64. The molecule has 14 heteroatoms. The van der Waals surface area contributed by atoms with Crippen molar-refractivity contribution in [2.45, 2.75) is 39.5 Å². The van der Waals surface area contributed by atoms with Gasteiger partial charge in [0.05, 0.1) is 80.5 Å². The molecule has 1 atom stereocenters. The van der Waals surface area contributed by atoms with E-state index in [9.17, 15) is 28.0 Å². The number of benzene rings is 3. The summed E-state index contributed by atoms with van der Waals surface area (Å²) >= 11 is 1.35. The van der Waals surface area contributed by atoms with Crippen LogP contribution in [-0.2, 0) is 16.9 Å². The Balaban J connectivity index is 0.000000730. The second-order valence-electron chi connectivity index (χ2n) is 13.3. The van der Waals surface area contributed by atoms with Crippen molar-refractivity contribution >= 4 is 18.1 Å². The van der Waals surface area contributed by atoms with Gasteiger partial charge in [-0.25, -0.2) is 18.8 Å². The van der Waals surface area contributed by atoms with Gasteiger partial charge in [-0.2, -0.15) is 23.5 Å². The number of carbonyl (C=O) groups excluding carboxylic acids is 1. The Morgan fingerprint density at radius 2 is 1.74 bits per heavy atom. The molecule has 1 N–H and O–H groups in total. The first kappa shape index (κ1) is 41.1. The highest BCUT2D eigenvalue weighted by molar-refractivity contribution is 7.98. The Hall–Kier alpha value is -5.62. The molecule has 54 heavy (non-hydrogen) atoms. The molecule has 0 fully saturated rings. The van der Waals surface area contributed by atoms with Crippen LogP contribution in [0, 0.1) is 18.3 Å². The number of amides is 1. The number of halogens is 3. The Kier molecular flexibility index (Phi) is 13.3. The third kappa shape index (κ3) is 10.1. The van der Waals surface area contributed by atoms with Gasteiger partial charge in [-0.15, -0.1) is 0 Å². The number of quaternary nitrogens is 1. The van der Waals surface area contributed by atoms with Crippen molar-refractivity contribution in [3.63, 3.8) is 0 Å². The van der Waals surface area contributed by atoms with Crippen molar-refractivity contribution < 1.29 is 26.6 Å². The minimum absolute atomic E-state index is 0.0459. The lowest BCUT2D eigenvalue weighted by Crippen LogP contribution is -2.38. The maximum absolute atomic E-state index is 14.1. The number of hydrogen-bond acceptors (Lipinski definition) is 6. The van der Waals surface area contributed by atoms with Crippen LogP contribution in [0.25, 0.3) is 22.8 Å². The molecule has 0 spiro atoms. The summed E-state index contributed by atoms with van der Waals surface area (Å²) in [6.45, 7) is 9.67. The number of rotatable bonds is 10. The van der Waals surface area contributed by atoms with Crippen molar-refractivity contribution in [1.82, 2.24) is 24.2 Å². The molecule has 282 valence electrons. The summed E-state index contributed by atoms with van der Waals surface area (Å²) < 4.78 is 49.9. The second-order valence-corrected chi connectivity index (χ2v) is 14.5. The van der Waals surface area contributed by atoms with E-state index in [0.29, 0.717) is 16.9 Å². The zero-order valence-electron chi connectivity index (χ0n) is 31.2. The monoisotopic (exact) mass is 758 g/mol. The largest absolute Gasteiger partial charge is 0.416 e. The molecule has 0 saturated heterocycles. The number of alkyl halides is 3. The first-order chi connectivity index (χ1) is 25.5. The van der Waals surface area contributed by atoms with Crippen molar-refractivity contribution in [2.75, 3.05) is 28.3 Å². The topological polar surface area (TPSA) is 107 Å². The summed E-state index contributed by atoms with van der Waals surface area (Å²) in [6.07, 6.45) is 0.485. The molecule has 0 aliphatic heterocycles. The number of nitriles is 1. The Bertz CT molecular complexity index is 2220. The van der Waals surface area contributed by atoms with Crippen LogP contribution in [-0.4, -0.2) is 57.7 Å². The third-order valence-electron chi connectivity index (χ3n) is 8.09. The van der Waals surface area contributed by atoms with Crippen LogP contribution >= 0.6 is 12.0 Å². The lowest BCUT2D eigenvalue weighted by atomic mass is 10.1. The molecule has 5 aromatic rings. The summed E-state index contributed by atoms with van der Waals surface area (Å²) in [5.41, 5.74) is 1.81. The summed E-state index contributed by atoms with van der Waals surface area (Å²) in [4.78, 5) is 29.1. The van der Waals surface area contributed by atoms with Crippen molar-refractivity contribution in [3.05, 3.63) is 147 Å². The van der Waals surface area contributed by atoms with E-state index in [1.54, 1.807) is 57.4 Å². The van der Waals surface area contributed by atoms with E-state index in [4.69, 9.17) is 4.18 Å². The number of aromatic nitrogens is 4. The highest BCUT2D eigenvalue weighted by atomic mass is 32.2. The van der Waals surface area contributed by atoms with E-state index in [-0.39, 0.29) is 17.1 Å². The van der Waals surface area contributed by atoms with Gasteiger partial charge < -0.3 is 14.0 Å². The molecule has 0 unspecified atom stereocenters. The highest BCUT2D eigenvalue weighted by Gasteiger charge is 2.32. The fourth-order valence-electron chi connectivity index (χ4n) is 5.70. The maximum Gasteiger partial charge on any atom is 0.416 e. The molecule has 3 aromatic carbocycles. The van der Waals surface area contributed by atoms with Crippen LogP contribution in [0.1, 0.15) is 47.8 Å². The molecule has 2 aromatic heterocycles. The van der Waals surface area contributed by atoms with Gasteiger partial charge in [-0.1, -0.05) is 49.1 Å². The minimum Gasteiger partial charge on any atom is -0.331 e. The predicted molar refractivity (Wildman–Crippen MR) is 206 cm³/mol. The number of nitrogens with zero attached hydrogens (tertiary/aromatic N) is 6. The fraction of sp³-hybridized carbons (Fsp3) is 0.250. The van der Waals surface area contributed by atoms with E-state index in [1.165, 1.54) is 35.1 Å². The Labute approximate surface area is 317 Å². The SMILES string of the molecule is C=C/C=C(\C)SOC.Cc1c(-c2ccnn2-c2ccc(C#N)cc2)n(C(=O)N[C@@H](C)c2ccc(C[N+](C)(C)C)cc2)c(=O)n1-c1cccc(C(F)(F)F)c1. The van der Waals surface area contributed by atoms with Gasteiger partial charge >= 0.3 is 17.9 Å². The standard InChI is InChI=1S/C34H32F3N7O2.C6H10OS/c1-22(26-13-9-25(10-14-26)21-44(3,4)5)40-32(45)42-31(30-17-18-39-43(30)28-15-11-24(20-38)12-16-28)23(2)41(33(42)46)29-8-6-7-27(19-29)34(35,36)37;1-4-5-6(2)8-7-3/h6-19,22H,21H2,1-5H3;4-5H,1H2,2-3H3/p+1/b;6-5+/t22-;/m0./s1. The van der Waals surface area contributed by atoms with Crippen molar-refractivity contribution in [2.24, 2.45) is 0 Å². The van der Waals surface area contributed by atoms with E-state index in [1.807, 2.05) is 37.3 Å². The van der Waals surface area contributed by atoms with Crippen LogP contribution in [0.4, 0.5) is 18.0 Å². The summed E-state index contributed by atoms with van der Waals surface area (Å²) in [5.74, 6) is 0. The van der Waals surface area contributed by atoms with Crippen molar-refractivity contribution in [3.8, 4) is 28.8 Å². The van der Waals surface area contributed by atoms with Gasteiger partial charge in [0.1, 0.15) is 12.2 Å². The van der Waals surface area contributed by atoms with Crippen LogP contribution in [0.5, 0.6) is 0 Å². The Morgan fingerprint density at radius 1 is 1.07 bits per heavy atom. The predicted octanol–water partition coefficient (Wildman–Crippen LogP) is 8.59. The molecule has 2 heterocycles. The van der Waals surface area contributed by atoms with Crippen LogP contribution in [0.3, 0.4) is 0 Å². The van der Waals surface area contributed by atoms with Gasteiger partial charge in [0.15, 0.2) is 0 Å². The van der Waals surface area contributed by atoms with E-state index in [2.05, 4.69) is 44.2 Å². The smallest absolute Gasteiger partial charge is 0.331 e. The molecule has 10 nitrogen and oxygen atoms in total. The summed E-state index contributed by atoms with van der Waals surface area (Å²) in [7, 11) is 7.91. The third-order valence-corrected chi connectivity index (χ3v) is 8.65. The molecule has 0 radical (unpaired) electrons. The summed E-state index contributed by atoms with van der Waals surface area (Å²) in [6, 6.07) is 21.1. The molecule has 0 saturated carbocycles. The molecular formula is C40H43F3N7O3S+. The average molecular weight is 759 g/mol. The Morgan fingerprint density at radius 3 is 2.31 bits per heavy atom. The fourth-order valence-corrected chi connectivity index (χ4v) is 6.12. The molecule has 0 aliphatic rings. The first-order valence-corrected chi connectivity index (χ1v) is 17.5. The van der Waals surface area contributed by atoms with Gasteiger partial charge in [0.25, 0.3) is 0 Å². The van der Waals surface area contributed by atoms with Crippen LogP contribution in [0.15, 0.2) is 113 Å².